The Balaban J connectivity index is 2.03. The zero-order valence-electron chi connectivity index (χ0n) is 12.6. The van der Waals surface area contributed by atoms with E-state index in [1.165, 1.54) is 5.56 Å². The van der Waals surface area contributed by atoms with Crippen molar-refractivity contribution in [3.63, 3.8) is 0 Å². The van der Waals surface area contributed by atoms with Crippen LogP contribution in [0.2, 0.25) is 0 Å². The van der Waals surface area contributed by atoms with Gasteiger partial charge in [0.2, 0.25) is 0 Å². The largest absolute Gasteiger partial charge is 0.481 e. The number of hydrogen-bond donors (Lipinski definition) is 2. The van der Waals surface area contributed by atoms with E-state index in [1.807, 2.05) is 6.07 Å². The lowest BCUT2D eigenvalue weighted by Crippen LogP contribution is -2.27. The van der Waals surface area contributed by atoms with Crippen molar-refractivity contribution in [1.82, 2.24) is 5.32 Å². The fourth-order valence-electron chi connectivity index (χ4n) is 2.24. The molecule has 3 nitrogen and oxygen atoms in total. The molecule has 0 aromatic heterocycles. The van der Waals surface area contributed by atoms with Gasteiger partial charge in [0.15, 0.2) is 0 Å². The van der Waals surface area contributed by atoms with Crippen LogP contribution in [0.3, 0.4) is 0 Å². The molecule has 0 saturated carbocycles. The van der Waals surface area contributed by atoms with Crippen LogP contribution in [0.1, 0.15) is 45.1 Å². The van der Waals surface area contributed by atoms with Crippen LogP contribution >= 0.6 is 0 Å². The van der Waals surface area contributed by atoms with Gasteiger partial charge in [-0.15, -0.1) is 0 Å². The van der Waals surface area contributed by atoms with Gasteiger partial charge in [0.05, 0.1) is 5.92 Å². The van der Waals surface area contributed by atoms with Crippen molar-refractivity contribution in [2.75, 3.05) is 6.54 Å². The molecule has 0 aliphatic heterocycles. The summed E-state index contributed by atoms with van der Waals surface area (Å²) in [7, 11) is 0. The van der Waals surface area contributed by atoms with E-state index in [9.17, 15) is 4.79 Å². The molecule has 2 N–H and O–H groups in total. The number of carboxylic acids is 1. The molecule has 0 saturated heterocycles. The first-order chi connectivity index (χ1) is 9.59. The minimum absolute atomic E-state index is 0.222. The summed E-state index contributed by atoms with van der Waals surface area (Å²) in [5, 5.41) is 12.3. The van der Waals surface area contributed by atoms with E-state index in [1.54, 1.807) is 6.92 Å². The van der Waals surface area contributed by atoms with E-state index in [2.05, 4.69) is 36.5 Å². The fourth-order valence-corrected chi connectivity index (χ4v) is 2.24. The second-order valence-electron chi connectivity index (χ2n) is 5.61. The second kappa shape index (κ2) is 9.54. The summed E-state index contributed by atoms with van der Waals surface area (Å²) in [6.07, 6.45) is 5.03. The molecule has 112 valence electrons. The predicted octanol–water partition coefficient (Wildman–Crippen LogP) is 3.49. The fraction of sp³-hybridized carbons (Fsp3) is 0.588. The lowest BCUT2D eigenvalue weighted by Gasteiger charge is -2.14. The van der Waals surface area contributed by atoms with Crippen molar-refractivity contribution in [2.45, 2.75) is 52.0 Å². The van der Waals surface area contributed by atoms with E-state index in [0.717, 1.165) is 38.6 Å². The van der Waals surface area contributed by atoms with Crippen molar-refractivity contribution in [3.05, 3.63) is 35.9 Å². The Kier molecular flexibility index (Phi) is 7.97. The molecule has 1 aromatic rings. The summed E-state index contributed by atoms with van der Waals surface area (Å²) in [5.74, 6) is -0.909. The van der Waals surface area contributed by atoms with Gasteiger partial charge in [0.25, 0.3) is 0 Å². The molecule has 0 amide bonds. The van der Waals surface area contributed by atoms with Crippen LogP contribution in [-0.2, 0) is 11.2 Å². The molecule has 0 aliphatic rings. The van der Waals surface area contributed by atoms with Crippen LogP contribution in [0.4, 0.5) is 0 Å². The van der Waals surface area contributed by atoms with Gasteiger partial charge in [0, 0.05) is 6.04 Å². The maximum Gasteiger partial charge on any atom is 0.306 e. The van der Waals surface area contributed by atoms with Crippen LogP contribution in [0.15, 0.2) is 30.3 Å². The molecular formula is C17H27NO2. The summed E-state index contributed by atoms with van der Waals surface area (Å²) >= 11 is 0. The molecule has 1 aromatic carbocycles. The highest BCUT2D eigenvalue weighted by atomic mass is 16.4. The molecule has 0 heterocycles. The SMILES string of the molecule is CC(CCCC(C)C(=O)O)NCCCc1ccccc1. The lowest BCUT2D eigenvalue weighted by molar-refractivity contribution is -0.141. The lowest BCUT2D eigenvalue weighted by atomic mass is 10.0. The molecule has 3 heteroatoms. The molecule has 0 radical (unpaired) electrons. The van der Waals surface area contributed by atoms with Gasteiger partial charge < -0.3 is 10.4 Å². The van der Waals surface area contributed by atoms with Crippen LogP contribution in [0.25, 0.3) is 0 Å². The third-order valence-electron chi connectivity index (χ3n) is 3.67. The number of rotatable bonds is 10. The molecule has 0 aliphatic carbocycles. The van der Waals surface area contributed by atoms with Crippen LogP contribution in [0, 0.1) is 5.92 Å². The number of carboxylic acid groups (broad SMARTS) is 1. The van der Waals surface area contributed by atoms with Crippen molar-refractivity contribution >= 4 is 5.97 Å². The van der Waals surface area contributed by atoms with Gasteiger partial charge in [-0.2, -0.15) is 0 Å². The maximum atomic E-state index is 10.7. The monoisotopic (exact) mass is 277 g/mol. The van der Waals surface area contributed by atoms with Crippen molar-refractivity contribution in [1.29, 1.82) is 0 Å². The predicted molar refractivity (Wildman–Crippen MR) is 82.9 cm³/mol. The summed E-state index contributed by atoms with van der Waals surface area (Å²) < 4.78 is 0. The van der Waals surface area contributed by atoms with Crippen molar-refractivity contribution < 1.29 is 9.90 Å². The second-order valence-corrected chi connectivity index (χ2v) is 5.61. The first kappa shape index (κ1) is 16.7. The van der Waals surface area contributed by atoms with E-state index in [0.29, 0.717) is 6.04 Å². The quantitative estimate of drug-likeness (QED) is 0.644. The maximum absolute atomic E-state index is 10.7. The summed E-state index contributed by atoms with van der Waals surface area (Å²) in [6, 6.07) is 11.0. The molecule has 2 atom stereocenters. The van der Waals surface area contributed by atoms with E-state index >= 15 is 0 Å². The molecule has 0 bridgehead atoms. The Hall–Kier alpha value is -1.35. The normalized spacial score (nSPS) is 13.9. The molecule has 0 spiro atoms. The topological polar surface area (TPSA) is 49.3 Å². The standard InChI is InChI=1S/C17H27NO2/c1-14(17(19)20)8-6-9-15(2)18-13-7-12-16-10-4-3-5-11-16/h3-5,10-11,14-15,18H,6-9,12-13H2,1-2H3,(H,19,20). The zero-order chi connectivity index (χ0) is 14.8. The Morgan fingerprint density at radius 1 is 1.15 bits per heavy atom. The minimum Gasteiger partial charge on any atom is -0.481 e. The molecule has 20 heavy (non-hydrogen) atoms. The highest BCUT2D eigenvalue weighted by molar-refractivity contribution is 5.69. The molecule has 2 unspecified atom stereocenters. The van der Waals surface area contributed by atoms with E-state index in [-0.39, 0.29) is 5.92 Å². The number of nitrogens with one attached hydrogen (secondary N) is 1. The summed E-state index contributed by atoms with van der Waals surface area (Å²) in [5.41, 5.74) is 1.39. The first-order valence-corrected chi connectivity index (χ1v) is 7.59. The molecule has 1 rings (SSSR count). The van der Waals surface area contributed by atoms with Gasteiger partial charge in [-0.05, 0) is 44.7 Å². The zero-order valence-corrected chi connectivity index (χ0v) is 12.6. The average molecular weight is 277 g/mol. The van der Waals surface area contributed by atoms with Crippen molar-refractivity contribution in [3.8, 4) is 0 Å². The number of aliphatic carboxylic acids is 1. The van der Waals surface area contributed by atoms with Crippen LogP contribution in [0.5, 0.6) is 0 Å². The minimum atomic E-state index is -0.687. The van der Waals surface area contributed by atoms with E-state index < -0.39 is 5.97 Å². The van der Waals surface area contributed by atoms with Gasteiger partial charge in [0.1, 0.15) is 0 Å². The van der Waals surface area contributed by atoms with Crippen molar-refractivity contribution in [2.24, 2.45) is 5.92 Å². The number of benzene rings is 1. The van der Waals surface area contributed by atoms with E-state index in [4.69, 9.17) is 5.11 Å². The van der Waals surface area contributed by atoms with Crippen LogP contribution < -0.4 is 5.32 Å². The first-order valence-electron chi connectivity index (χ1n) is 7.59. The van der Waals surface area contributed by atoms with Gasteiger partial charge in [-0.25, -0.2) is 0 Å². The Morgan fingerprint density at radius 3 is 2.50 bits per heavy atom. The number of aryl methyl sites for hydroxylation is 1. The number of hydrogen-bond acceptors (Lipinski definition) is 2. The van der Waals surface area contributed by atoms with Crippen LogP contribution in [-0.4, -0.2) is 23.7 Å². The smallest absolute Gasteiger partial charge is 0.306 e. The van der Waals surface area contributed by atoms with Gasteiger partial charge in [-0.3, -0.25) is 4.79 Å². The van der Waals surface area contributed by atoms with Gasteiger partial charge >= 0.3 is 5.97 Å². The third kappa shape index (κ3) is 7.29. The summed E-state index contributed by atoms with van der Waals surface area (Å²) in [6.45, 7) is 4.97. The third-order valence-corrected chi connectivity index (χ3v) is 3.67. The Labute approximate surface area is 122 Å². The molecule has 0 fully saturated rings. The Bertz CT molecular complexity index is 378. The number of carbonyl (C=O) groups is 1. The summed E-state index contributed by atoms with van der Waals surface area (Å²) in [4.78, 5) is 10.7. The highest BCUT2D eigenvalue weighted by Crippen LogP contribution is 2.09. The average Bonchev–Trinajstić information content (AvgIpc) is 2.44. The molecular weight excluding hydrogens is 250 g/mol. The Morgan fingerprint density at radius 2 is 1.85 bits per heavy atom. The highest BCUT2D eigenvalue weighted by Gasteiger charge is 2.10. The van der Waals surface area contributed by atoms with Gasteiger partial charge in [-0.1, -0.05) is 43.7 Å².